The Bertz CT molecular complexity index is 587. The van der Waals surface area contributed by atoms with Crippen LogP contribution < -0.4 is 5.73 Å². The van der Waals surface area contributed by atoms with Crippen molar-refractivity contribution in [2.45, 2.75) is 29.9 Å². The SMILES string of the molecule is CC1SCCSC1C(N)Cc1ccc2ccccc2n1. The van der Waals surface area contributed by atoms with Crippen LogP contribution in [0.1, 0.15) is 12.6 Å². The van der Waals surface area contributed by atoms with Crippen molar-refractivity contribution in [3.05, 3.63) is 42.1 Å². The molecule has 1 aromatic carbocycles. The standard InChI is InChI=1S/C16H20N2S2/c1-11-16(20-9-8-19-11)14(17)10-13-7-6-12-4-2-3-5-15(12)18-13/h2-7,11,14,16H,8-10,17H2,1H3. The lowest BCUT2D eigenvalue weighted by molar-refractivity contribution is 0.615. The van der Waals surface area contributed by atoms with E-state index in [4.69, 9.17) is 10.7 Å². The molecule has 2 heterocycles. The Labute approximate surface area is 128 Å². The van der Waals surface area contributed by atoms with E-state index in [9.17, 15) is 0 Å². The summed E-state index contributed by atoms with van der Waals surface area (Å²) in [7, 11) is 0. The Morgan fingerprint density at radius 2 is 2.00 bits per heavy atom. The van der Waals surface area contributed by atoms with E-state index in [2.05, 4.69) is 31.2 Å². The van der Waals surface area contributed by atoms with Crippen molar-refractivity contribution in [1.29, 1.82) is 0 Å². The van der Waals surface area contributed by atoms with Crippen LogP contribution in [0.15, 0.2) is 36.4 Å². The maximum atomic E-state index is 6.44. The molecule has 3 unspecified atom stereocenters. The molecule has 1 aliphatic heterocycles. The van der Waals surface area contributed by atoms with Crippen molar-refractivity contribution in [3.63, 3.8) is 0 Å². The molecule has 0 aliphatic carbocycles. The molecular weight excluding hydrogens is 284 g/mol. The number of pyridine rings is 1. The van der Waals surface area contributed by atoms with Crippen molar-refractivity contribution >= 4 is 34.4 Å². The summed E-state index contributed by atoms with van der Waals surface area (Å²) in [5.41, 5.74) is 8.62. The van der Waals surface area contributed by atoms with Gasteiger partial charge in [-0.3, -0.25) is 4.98 Å². The van der Waals surface area contributed by atoms with E-state index in [0.29, 0.717) is 10.5 Å². The summed E-state index contributed by atoms with van der Waals surface area (Å²) in [6.45, 7) is 2.30. The van der Waals surface area contributed by atoms with Gasteiger partial charge in [-0.2, -0.15) is 23.5 Å². The van der Waals surface area contributed by atoms with E-state index in [1.54, 1.807) is 0 Å². The van der Waals surface area contributed by atoms with Crippen LogP contribution in [0.5, 0.6) is 0 Å². The van der Waals surface area contributed by atoms with Crippen molar-refractivity contribution in [2.75, 3.05) is 11.5 Å². The van der Waals surface area contributed by atoms with E-state index in [-0.39, 0.29) is 6.04 Å². The number of para-hydroxylation sites is 1. The third-order valence-electron chi connectivity index (χ3n) is 3.76. The molecule has 1 aliphatic rings. The molecule has 0 saturated carbocycles. The number of nitrogens with zero attached hydrogens (tertiary/aromatic N) is 1. The molecule has 1 aromatic heterocycles. The second-order valence-corrected chi connectivity index (χ2v) is 8.05. The molecule has 0 spiro atoms. The van der Waals surface area contributed by atoms with E-state index >= 15 is 0 Å². The lowest BCUT2D eigenvalue weighted by atomic mass is 10.1. The van der Waals surface area contributed by atoms with Gasteiger partial charge in [-0.25, -0.2) is 0 Å². The summed E-state index contributed by atoms with van der Waals surface area (Å²) in [6, 6.07) is 12.7. The summed E-state index contributed by atoms with van der Waals surface area (Å²) < 4.78 is 0. The molecule has 3 atom stereocenters. The average Bonchev–Trinajstić information content (AvgIpc) is 2.47. The number of nitrogens with two attached hydrogens (primary N) is 1. The zero-order valence-electron chi connectivity index (χ0n) is 11.7. The van der Waals surface area contributed by atoms with Gasteiger partial charge in [0.2, 0.25) is 0 Å². The zero-order chi connectivity index (χ0) is 13.9. The number of thioether (sulfide) groups is 2. The maximum absolute atomic E-state index is 6.44. The normalized spacial score (nSPS) is 24.7. The molecule has 1 fully saturated rings. The predicted octanol–water partition coefficient (Wildman–Crippen LogP) is 3.34. The second kappa shape index (κ2) is 6.37. The molecule has 2 N–H and O–H groups in total. The first-order chi connectivity index (χ1) is 9.74. The van der Waals surface area contributed by atoms with Crippen LogP contribution in [-0.4, -0.2) is 33.0 Å². The summed E-state index contributed by atoms with van der Waals surface area (Å²) in [5, 5.41) is 2.38. The van der Waals surface area contributed by atoms with Gasteiger partial charge >= 0.3 is 0 Å². The van der Waals surface area contributed by atoms with E-state index in [1.165, 1.54) is 16.9 Å². The minimum atomic E-state index is 0.191. The molecule has 20 heavy (non-hydrogen) atoms. The third kappa shape index (κ3) is 3.13. The lowest BCUT2D eigenvalue weighted by Crippen LogP contribution is -2.42. The molecule has 4 heteroatoms. The highest BCUT2D eigenvalue weighted by Crippen LogP contribution is 2.33. The van der Waals surface area contributed by atoms with Gasteiger partial charge in [0.25, 0.3) is 0 Å². The first kappa shape index (κ1) is 14.2. The third-order valence-corrected chi connectivity index (χ3v) is 7.03. The fourth-order valence-corrected chi connectivity index (χ4v) is 5.59. The first-order valence-electron chi connectivity index (χ1n) is 7.07. The minimum absolute atomic E-state index is 0.191. The van der Waals surface area contributed by atoms with E-state index in [0.717, 1.165) is 17.6 Å². The van der Waals surface area contributed by atoms with Gasteiger partial charge in [-0.05, 0) is 12.1 Å². The number of benzene rings is 1. The monoisotopic (exact) mass is 304 g/mol. The van der Waals surface area contributed by atoms with Crippen molar-refractivity contribution in [3.8, 4) is 0 Å². The van der Waals surface area contributed by atoms with Crippen LogP contribution in [0.3, 0.4) is 0 Å². The van der Waals surface area contributed by atoms with Crippen LogP contribution in [0.25, 0.3) is 10.9 Å². The van der Waals surface area contributed by atoms with Crippen LogP contribution in [0.2, 0.25) is 0 Å². The van der Waals surface area contributed by atoms with Crippen molar-refractivity contribution in [1.82, 2.24) is 4.98 Å². The van der Waals surface area contributed by atoms with Crippen LogP contribution in [-0.2, 0) is 6.42 Å². The Morgan fingerprint density at radius 3 is 2.85 bits per heavy atom. The van der Waals surface area contributed by atoms with Crippen LogP contribution >= 0.6 is 23.5 Å². The number of aromatic nitrogens is 1. The largest absolute Gasteiger partial charge is 0.326 e. The fourth-order valence-electron chi connectivity index (χ4n) is 2.70. The highest BCUT2D eigenvalue weighted by molar-refractivity contribution is 8.07. The van der Waals surface area contributed by atoms with Gasteiger partial charge in [0.15, 0.2) is 0 Å². The zero-order valence-corrected chi connectivity index (χ0v) is 13.3. The Balaban J connectivity index is 1.74. The number of hydrogen-bond donors (Lipinski definition) is 1. The molecule has 0 radical (unpaired) electrons. The summed E-state index contributed by atoms with van der Waals surface area (Å²) in [5.74, 6) is 2.47. The minimum Gasteiger partial charge on any atom is -0.326 e. The van der Waals surface area contributed by atoms with E-state index < -0.39 is 0 Å². The molecule has 0 bridgehead atoms. The van der Waals surface area contributed by atoms with Gasteiger partial charge in [0.05, 0.1) is 5.52 Å². The molecule has 2 nitrogen and oxygen atoms in total. The highest BCUT2D eigenvalue weighted by atomic mass is 32.2. The fraction of sp³-hybridized carbons (Fsp3) is 0.438. The highest BCUT2D eigenvalue weighted by Gasteiger charge is 2.28. The Kier molecular flexibility index (Phi) is 4.54. The number of hydrogen-bond acceptors (Lipinski definition) is 4. The average molecular weight is 304 g/mol. The van der Waals surface area contributed by atoms with Gasteiger partial charge in [0.1, 0.15) is 0 Å². The smallest absolute Gasteiger partial charge is 0.0705 e. The predicted molar refractivity (Wildman–Crippen MR) is 91.6 cm³/mol. The second-order valence-electron chi connectivity index (χ2n) is 5.27. The van der Waals surface area contributed by atoms with Crippen LogP contribution in [0.4, 0.5) is 0 Å². The molecule has 0 amide bonds. The van der Waals surface area contributed by atoms with Crippen LogP contribution in [0, 0.1) is 0 Å². The molecule has 106 valence electrons. The summed E-state index contributed by atoms with van der Waals surface area (Å²) in [6.07, 6.45) is 0.868. The van der Waals surface area contributed by atoms with Gasteiger partial charge < -0.3 is 5.73 Å². The molecule has 3 rings (SSSR count). The quantitative estimate of drug-likeness (QED) is 0.944. The van der Waals surface area contributed by atoms with Gasteiger partial charge in [0, 0.05) is 45.5 Å². The molecular formula is C16H20N2S2. The first-order valence-corrected chi connectivity index (χ1v) is 9.17. The molecule has 2 aromatic rings. The van der Waals surface area contributed by atoms with Crippen molar-refractivity contribution in [2.24, 2.45) is 5.73 Å². The summed E-state index contributed by atoms with van der Waals surface area (Å²) in [4.78, 5) is 4.74. The number of rotatable bonds is 3. The Morgan fingerprint density at radius 1 is 1.20 bits per heavy atom. The van der Waals surface area contributed by atoms with E-state index in [1.807, 2.05) is 35.7 Å². The lowest BCUT2D eigenvalue weighted by Gasteiger charge is -2.32. The van der Waals surface area contributed by atoms with Gasteiger partial charge in [-0.15, -0.1) is 0 Å². The van der Waals surface area contributed by atoms with Crippen molar-refractivity contribution < 1.29 is 0 Å². The maximum Gasteiger partial charge on any atom is 0.0705 e. The Hall–Kier alpha value is -0.710. The number of fused-ring (bicyclic) bond motifs is 1. The van der Waals surface area contributed by atoms with Gasteiger partial charge in [-0.1, -0.05) is 31.2 Å². The summed E-state index contributed by atoms with van der Waals surface area (Å²) >= 11 is 4.08. The topological polar surface area (TPSA) is 38.9 Å². The molecule has 1 saturated heterocycles.